The molecular weight excluding hydrogens is 252 g/mol. The van der Waals surface area contributed by atoms with Gasteiger partial charge in [0.05, 0.1) is 12.8 Å². The lowest BCUT2D eigenvalue weighted by Crippen LogP contribution is -2.13. The lowest BCUT2D eigenvalue weighted by Gasteiger charge is -2.18. The van der Waals surface area contributed by atoms with E-state index < -0.39 is 0 Å². The summed E-state index contributed by atoms with van der Waals surface area (Å²) in [7, 11) is 1.91. The van der Waals surface area contributed by atoms with Crippen molar-refractivity contribution in [3.05, 3.63) is 47.3 Å². The topological polar surface area (TPSA) is 44.1 Å². The quantitative estimate of drug-likeness (QED) is 0.857. The van der Waals surface area contributed by atoms with E-state index in [4.69, 9.17) is 4.74 Å². The van der Waals surface area contributed by atoms with E-state index in [0.717, 1.165) is 41.7 Å². The van der Waals surface area contributed by atoms with Crippen molar-refractivity contribution in [2.24, 2.45) is 7.05 Å². The summed E-state index contributed by atoms with van der Waals surface area (Å²) in [5.41, 5.74) is 3.08. The first kappa shape index (κ1) is 12.9. The highest BCUT2D eigenvalue weighted by molar-refractivity contribution is 5.99. The minimum absolute atomic E-state index is 0.240. The first-order valence-electron chi connectivity index (χ1n) is 6.99. The number of aromatic nitrogens is 2. The van der Waals surface area contributed by atoms with E-state index in [1.54, 1.807) is 4.68 Å². The molecule has 2 aromatic rings. The summed E-state index contributed by atoms with van der Waals surface area (Å²) in [6.45, 7) is 0.607. The van der Waals surface area contributed by atoms with Crippen LogP contribution in [0.15, 0.2) is 30.6 Å². The van der Waals surface area contributed by atoms with Crippen LogP contribution in [0.4, 0.5) is 0 Å². The van der Waals surface area contributed by atoms with Crippen molar-refractivity contribution in [1.29, 1.82) is 0 Å². The van der Waals surface area contributed by atoms with Gasteiger partial charge in [0.1, 0.15) is 5.75 Å². The van der Waals surface area contributed by atoms with Gasteiger partial charge in [-0.25, -0.2) is 0 Å². The van der Waals surface area contributed by atoms with Gasteiger partial charge in [-0.15, -0.1) is 0 Å². The lowest BCUT2D eigenvalue weighted by atomic mass is 9.90. The van der Waals surface area contributed by atoms with E-state index >= 15 is 0 Å². The molecule has 3 rings (SSSR count). The first-order chi connectivity index (χ1) is 9.74. The summed E-state index contributed by atoms with van der Waals surface area (Å²) in [5, 5.41) is 4.14. The van der Waals surface area contributed by atoms with Gasteiger partial charge in [0, 0.05) is 37.2 Å². The number of nitrogens with zero attached hydrogens (tertiary/aromatic N) is 2. The van der Waals surface area contributed by atoms with Crippen molar-refractivity contribution in [3.8, 4) is 5.75 Å². The predicted molar refractivity (Wildman–Crippen MR) is 76.1 cm³/mol. The van der Waals surface area contributed by atoms with Gasteiger partial charge in [0.2, 0.25) is 0 Å². The van der Waals surface area contributed by atoms with Crippen LogP contribution >= 0.6 is 0 Å². The number of Topliss-reactive ketones (excluding diaryl/α,β-unsaturated/α-hetero) is 1. The van der Waals surface area contributed by atoms with Crippen LogP contribution in [-0.4, -0.2) is 22.2 Å². The number of carbonyl (C=O) groups excluding carboxylic acids is 1. The Labute approximate surface area is 118 Å². The zero-order valence-corrected chi connectivity index (χ0v) is 11.6. The Morgan fingerprint density at radius 1 is 1.35 bits per heavy atom. The maximum absolute atomic E-state index is 11.9. The number of hydrogen-bond acceptors (Lipinski definition) is 3. The first-order valence-corrected chi connectivity index (χ1v) is 6.99. The van der Waals surface area contributed by atoms with Crippen LogP contribution in [-0.2, 0) is 19.9 Å². The minimum atomic E-state index is 0.240. The predicted octanol–water partition coefficient (Wildman–Crippen LogP) is 2.56. The largest absolute Gasteiger partial charge is 0.493 e. The van der Waals surface area contributed by atoms with Crippen LogP contribution in [0.2, 0.25) is 0 Å². The number of fused-ring (bicyclic) bond motifs is 1. The van der Waals surface area contributed by atoms with Gasteiger partial charge in [-0.3, -0.25) is 9.48 Å². The summed E-state index contributed by atoms with van der Waals surface area (Å²) >= 11 is 0. The third-order valence-electron chi connectivity index (χ3n) is 3.67. The fourth-order valence-corrected chi connectivity index (χ4v) is 2.66. The summed E-state index contributed by atoms with van der Waals surface area (Å²) in [4.78, 5) is 11.9. The summed E-state index contributed by atoms with van der Waals surface area (Å²) in [6.07, 6.45) is 7.19. The van der Waals surface area contributed by atoms with E-state index in [1.807, 2.05) is 37.6 Å². The number of rotatable bonds is 4. The third kappa shape index (κ3) is 2.59. The Balaban J connectivity index is 1.69. The van der Waals surface area contributed by atoms with Gasteiger partial charge < -0.3 is 4.74 Å². The van der Waals surface area contributed by atoms with Gasteiger partial charge in [-0.1, -0.05) is 12.1 Å². The molecule has 0 bridgehead atoms. The number of benzene rings is 1. The normalized spacial score (nSPS) is 14.2. The van der Waals surface area contributed by atoms with Gasteiger partial charge in [-0.05, 0) is 24.5 Å². The average Bonchev–Trinajstić information content (AvgIpc) is 2.86. The smallest absolute Gasteiger partial charge is 0.163 e. The number of hydrogen-bond donors (Lipinski definition) is 0. The van der Waals surface area contributed by atoms with Crippen LogP contribution in [0.3, 0.4) is 0 Å². The van der Waals surface area contributed by atoms with Crippen molar-refractivity contribution >= 4 is 5.78 Å². The molecule has 0 radical (unpaired) electrons. The van der Waals surface area contributed by atoms with Gasteiger partial charge in [0.15, 0.2) is 5.78 Å². The molecule has 1 aliphatic carbocycles. The van der Waals surface area contributed by atoms with Gasteiger partial charge in [0.25, 0.3) is 0 Å². The molecule has 0 unspecified atom stereocenters. The Kier molecular flexibility index (Phi) is 3.54. The molecule has 0 aliphatic heterocycles. The Morgan fingerprint density at radius 3 is 3.05 bits per heavy atom. The van der Waals surface area contributed by atoms with Crippen LogP contribution in [0, 0.1) is 0 Å². The molecular formula is C16H18N2O2. The van der Waals surface area contributed by atoms with Gasteiger partial charge in [-0.2, -0.15) is 5.10 Å². The minimum Gasteiger partial charge on any atom is -0.493 e. The highest BCUT2D eigenvalue weighted by Gasteiger charge is 2.20. The van der Waals surface area contributed by atoms with E-state index in [2.05, 4.69) is 5.10 Å². The SMILES string of the molecule is Cn1cc(CCOc2cccc3c2CCCC3=O)cn1. The monoisotopic (exact) mass is 270 g/mol. The second-order valence-electron chi connectivity index (χ2n) is 5.18. The summed E-state index contributed by atoms with van der Waals surface area (Å²) in [5.74, 6) is 1.10. The molecule has 0 saturated heterocycles. The van der Waals surface area contributed by atoms with Crippen molar-refractivity contribution in [1.82, 2.24) is 9.78 Å². The van der Waals surface area contributed by atoms with Crippen LogP contribution in [0.1, 0.15) is 34.3 Å². The third-order valence-corrected chi connectivity index (χ3v) is 3.67. The van der Waals surface area contributed by atoms with Crippen molar-refractivity contribution in [3.63, 3.8) is 0 Å². The maximum atomic E-state index is 11.9. The summed E-state index contributed by atoms with van der Waals surface area (Å²) < 4.78 is 7.67. The zero-order chi connectivity index (χ0) is 13.9. The molecule has 20 heavy (non-hydrogen) atoms. The maximum Gasteiger partial charge on any atom is 0.163 e. The number of carbonyl (C=O) groups is 1. The second kappa shape index (κ2) is 5.49. The van der Waals surface area contributed by atoms with E-state index in [0.29, 0.717) is 13.0 Å². The van der Waals surface area contributed by atoms with E-state index in [-0.39, 0.29) is 5.78 Å². The molecule has 0 atom stereocenters. The molecule has 1 aromatic heterocycles. The van der Waals surface area contributed by atoms with Crippen LogP contribution in [0.25, 0.3) is 0 Å². The molecule has 4 nitrogen and oxygen atoms in total. The van der Waals surface area contributed by atoms with Crippen LogP contribution in [0.5, 0.6) is 5.75 Å². The van der Waals surface area contributed by atoms with Crippen molar-refractivity contribution in [2.45, 2.75) is 25.7 Å². The van der Waals surface area contributed by atoms with Gasteiger partial charge >= 0.3 is 0 Å². The van der Waals surface area contributed by atoms with Crippen LogP contribution < -0.4 is 4.74 Å². The molecule has 0 fully saturated rings. The number of aryl methyl sites for hydroxylation is 1. The Morgan fingerprint density at radius 2 is 2.25 bits per heavy atom. The summed E-state index contributed by atoms with van der Waals surface area (Å²) in [6, 6.07) is 5.77. The molecule has 4 heteroatoms. The molecule has 0 saturated carbocycles. The Bertz CT molecular complexity index is 631. The number of ether oxygens (including phenoxy) is 1. The molecule has 104 valence electrons. The molecule has 1 aromatic carbocycles. The fraction of sp³-hybridized carbons (Fsp3) is 0.375. The van der Waals surface area contributed by atoms with E-state index in [1.165, 1.54) is 0 Å². The standard InChI is InChI=1S/C16H18N2O2/c1-18-11-12(10-17-18)8-9-20-16-7-3-4-13-14(16)5-2-6-15(13)19/h3-4,7,10-11H,2,5-6,8-9H2,1H3. The lowest BCUT2D eigenvalue weighted by molar-refractivity contribution is 0.0971. The highest BCUT2D eigenvalue weighted by Crippen LogP contribution is 2.29. The van der Waals surface area contributed by atoms with Crippen molar-refractivity contribution < 1.29 is 9.53 Å². The molecule has 0 N–H and O–H groups in total. The van der Waals surface area contributed by atoms with Crippen molar-refractivity contribution in [2.75, 3.05) is 6.61 Å². The molecule has 1 heterocycles. The highest BCUT2D eigenvalue weighted by atomic mass is 16.5. The fourth-order valence-electron chi connectivity index (χ4n) is 2.66. The molecule has 0 spiro atoms. The van der Waals surface area contributed by atoms with E-state index in [9.17, 15) is 4.79 Å². The Hall–Kier alpha value is -2.10. The molecule has 0 amide bonds. The molecule has 1 aliphatic rings. The average molecular weight is 270 g/mol. The number of ketones is 1. The second-order valence-corrected chi connectivity index (χ2v) is 5.18. The zero-order valence-electron chi connectivity index (χ0n) is 11.6.